The second-order valence-corrected chi connectivity index (χ2v) is 7.48. The molecule has 114 valence electrons. The maximum atomic E-state index is 6.55. The van der Waals surface area contributed by atoms with Crippen LogP contribution in [0.5, 0.6) is 0 Å². The molecule has 0 saturated heterocycles. The first-order valence-electron chi connectivity index (χ1n) is 8.24. The highest BCUT2D eigenvalue weighted by Crippen LogP contribution is 2.36. The molecule has 0 aromatic heterocycles. The van der Waals surface area contributed by atoms with Gasteiger partial charge < -0.3 is 10.1 Å². The van der Waals surface area contributed by atoms with Crippen LogP contribution >= 0.6 is 0 Å². The Morgan fingerprint density at radius 2 is 1.89 bits per heavy atom. The molecule has 0 spiro atoms. The average Bonchev–Trinajstić information content (AvgIpc) is 2.25. The van der Waals surface area contributed by atoms with Gasteiger partial charge in [0, 0.05) is 12.6 Å². The van der Waals surface area contributed by atoms with Crippen LogP contribution in [0.2, 0.25) is 0 Å². The SMILES string of the molecule is CC(C)CC(C)OC1(CNC(C)C)CCCC(C)C1. The van der Waals surface area contributed by atoms with E-state index in [-0.39, 0.29) is 5.60 Å². The van der Waals surface area contributed by atoms with E-state index in [4.69, 9.17) is 4.74 Å². The smallest absolute Gasteiger partial charge is 0.0812 e. The van der Waals surface area contributed by atoms with E-state index < -0.39 is 0 Å². The van der Waals surface area contributed by atoms with Crippen molar-refractivity contribution in [3.8, 4) is 0 Å². The van der Waals surface area contributed by atoms with Gasteiger partial charge in [-0.2, -0.15) is 0 Å². The van der Waals surface area contributed by atoms with Crippen molar-refractivity contribution in [3.05, 3.63) is 0 Å². The van der Waals surface area contributed by atoms with Gasteiger partial charge in [-0.3, -0.25) is 0 Å². The highest BCUT2D eigenvalue weighted by atomic mass is 16.5. The van der Waals surface area contributed by atoms with Crippen molar-refractivity contribution in [2.75, 3.05) is 6.54 Å². The molecule has 1 N–H and O–H groups in total. The van der Waals surface area contributed by atoms with Crippen LogP contribution in [-0.2, 0) is 4.74 Å². The molecule has 0 radical (unpaired) electrons. The fraction of sp³-hybridized carbons (Fsp3) is 1.00. The first-order chi connectivity index (χ1) is 8.83. The van der Waals surface area contributed by atoms with Crippen molar-refractivity contribution in [3.63, 3.8) is 0 Å². The summed E-state index contributed by atoms with van der Waals surface area (Å²) in [7, 11) is 0. The van der Waals surface area contributed by atoms with Crippen LogP contribution < -0.4 is 5.32 Å². The summed E-state index contributed by atoms with van der Waals surface area (Å²) in [5.41, 5.74) is 0.0796. The van der Waals surface area contributed by atoms with Crippen molar-refractivity contribution in [2.24, 2.45) is 11.8 Å². The molecule has 1 rings (SSSR count). The third-order valence-corrected chi connectivity index (χ3v) is 4.14. The van der Waals surface area contributed by atoms with Crippen LogP contribution in [0.4, 0.5) is 0 Å². The fourth-order valence-corrected chi connectivity index (χ4v) is 3.45. The number of ether oxygens (including phenoxy) is 1. The first-order valence-corrected chi connectivity index (χ1v) is 8.24. The van der Waals surface area contributed by atoms with E-state index in [1.54, 1.807) is 0 Å². The highest BCUT2D eigenvalue weighted by Gasteiger charge is 2.37. The molecule has 1 saturated carbocycles. The van der Waals surface area contributed by atoms with Crippen LogP contribution in [0.1, 0.15) is 73.6 Å². The number of nitrogens with one attached hydrogen (secondary N) is 1. The van der Waals surface area contributed by atoms with Crippen LogP contribution in [0, 0.1) is 11.8 Å². The summed E-state index contributed by atoms with van der Waals surface area (Å²) < 4.78 is 6.55. The topological polar surface area (TPSA) is 21.3 Å². The Hall–Kier alpha value is -0.0800. The monoisotopic (exact) mass is 269 g/mol. The zero-order chi connectivity index (χ0) is 14.5. The zero-order valence-corrected chi connectivity index (χ0v) is 14.0. The Bertz CT molecular complexity index is 252. The number of rotatable bonds is 7. The van der Waals surface area contributed by atoms with Gasteiger partial charge in [0.2, 0.25) is 0 Å². The van der Waals surface area contributed by atoms with Gasteiger partial charge in [-0.15, -0.1) is 0 Å². The molecule has 0 aromatic carbocycles. The Balaban J connectivity index is 2.62. The van der Waals surface area contributed by atoms with Crippen LogP contribution in [0.25, 0.3) is 0 Å². The van der Waals surface area contributed by atoms with Crippen molar-refractivity contribution in [2.45, 2.75) is 91.4 Å². The van der Waals surface area contributed by atoms with Crippen molar-refractivity contribution < 1.29 is 4.74 Å². The summed E-state index contributed by atoms with van der Waals surface area (Å²) in [5, 5.41) is 3.61. The van der Waals surface area contributed by atoms with Crippen LogP contribution in [0.3, 0.4) is 0 Å². The predicted molar refractivity (Wildman–Crippen MR) is 83.5 cm³/mol. The van der Waals surface area contributed by atoms with E-state index in [0.29, 0.717) is 18.1 Å². The van der Waals surface area contributed by atoms with Crippen molar-refractivity contribution in [1.82, 2.24) is 5.32 Å². The van der Waals surface area contributed by atoms with E-state index in [0.717, 1.165) is 18.9 Å². The zero-order valence-electron chi connectivity index (χ0n) is 14.0. The first kappa shape index (κ1) is 17.0. The lowest BCUT2D eigenvalue weighted by atomic mass is 9.78. The molecule has 0 amide bonds. The molecule has 2 nitrogen and oxygen atoms in total. The summed E-state index contributed by atoms with van der Waals surface area (Å²) in [6.07, 6.45) is 6.66. The van der Waals surface area contributed by atoms with E-state index in [2.05, 4.69) is 46.9 Å². The fourth-order valence-electron chi connectivity index (χ4n) is 3.45. The minimum absolute atomic E-state index is 0.0796. The molecule has 0 aromatic rings. The second-order valence-electron chi connectivity index (χ2n) is 7.48. The summed E-state index contributed by atoms with van der Waals surface area (Å²) in [6.45, 7) is 14.6. The normalized spacial score (nSPS) is 30.0. The molecule has 3 atom stereocenters. The standard InChI is InChI=1S/C17H35NO/c1-13(2)10-16(6)19-17(12-18-14(3)4)9-7-8-15(5)11-17/h13-16,18H,7-12H2,1-6H3. The largest absolute Gasteiger partial charge is 0.371 e. The molecule has 0 aliphatic heterocycles. The molecule has 0 heterocycles. The minimum atomic E-state index is 0.0796. The average molecular weight is 269 g/mol. The van der Waals surface area contributed by atoms with E-state index in [9.17, 15) is 0 Å². The maximum Gasteiger partial charge on any atom is 0.0812 e. The Kier molecular flexibility index (Phi) is 6.82. The van der Waals surface area contributed by atoms with Gasteiger partial charge in [-0.25, -0.2) is 0 Å². The van der Waals surface area contributed by atoms with Gasteiger partial charge in [0.25, 0.3) is 0 Å². The minimum Gasteiger partial charge on any atom is -0.371 e. The lowest BCUT2D eigenvalue weighted by Crippen LogP contribution is -2.49. The van der Waals surface area contributed by atoms with Crippen LogP contribution in [-0.4, -0.2) is 24.3 Å². The molecule has 3 unspecified atom stereocenters. The van der Waals surface area contributed by atoms with E-state index in [1.165, 1.54) is 25.7 Å². The van der Waals surface area contributed by atoms with Gasteiger partial charge in [-0.1, -0.05) is 47.5 Å². The molecule has 1 fully saturated rings. The van der Waals surface area contributed by atoms with Crippen molar-refractivity contribution in [1.29, 1.82) is 0 Å². The third kappa shape index (κ3) is 6.27. The Morgan fingerprint density at radius 1 is 1.21 bits per heavy atom. The Morgan fingerprint density at radius 3 is 2.42 bits per heavy atom. The van der Waals surface area contributed by atoms with Gasteiger partial charge in [0.05, 0.1) is 11.7 Å². The van der Waals surface area contributed by atoms with Gasteiger partial charge in [0.15, 0.2) is 0 Å². The van der Waals surface area contributed by atoms with Gasteiger partial charge >= 0.3 is 0 Å². The lowest BCUT2D eigenvalue weighted by Gasteiger charge is -2.42. The van der Waals surface area contributed by atoms with Crippen LogP contribution in [0.15, 0.2) is 0 Å². The molecule has 1 aliphatic rings. The third-order valence-electron chi connectivity index (χ3n) is 4.14. The molecule has 2 heteroatoms. The quantitative estimate of drug-likeness (QED) is 0.740. The van der Waals surface area contributed by atoms with E-state index >= 15 is 0 Å². The molecule has 1 aliphatic carbocycles. The van der Waals surface area contributed by atoms with E-state index in [1.807, 2.05) is 0 Å². The summed E-state index contributed by atoms with van der Waals surface area (Å²) >= 11 is 0. The lowest BCUT2D eigenvalue weighted by molar-refractivity contribution is -0.120. The Labute approximate surface area is 120 Å². The summed E-state index contributed by atoms with van der Waals surface area (Å²) in [4.78, 5) is 0. The second kappa shape index (κ2) is 7.64. The number of hydrogen-bond acceptors (Lipinski definition) is 2. The molecule has 19 heavy (non-hydrogen) atoms. The predicted octanol–water partition coefficient (Wildman–Crippen LogP) is 4.38. The summed E-state index contributed by atoms with van der Waals surface area (Å²) in [6, 6.07) is 0.540. The highest BCUT2D eigenvalue weighted by molar-refractivity contribution is 4.90. The molecular formula is C17H35NO. The maximum absolute atomic E-state index is 6.55. The summed E-state index contributed by atoms with van der Waals surface area (Å²) in [5.74, 6) is 1.51. The van der Waals surface area contributed by atoms with Crippen molar-refractivity contribution >= 4 is 0 Å². The molecule has 0 bridgehead atoms. The van der Waals surface area contributed by atoms with Gasteiger partial charge in [0.1, 0.15) is 0 Å². The molecular weight excluding hydrogens is 234 g/mol. The van der Waals surface area contributed by atoms with Gasteiger partial charge in [-0.05, 0) is 38.0 Å². The number of hydrogen-bond donors (Lipinski definition) is 1.